The Morgan fingerprint density at radius 3 is 1.12 bits per heavy atom. The number of rotatable bonds is 8. The Kier molecular flexibility index (Phi) is 18.1. The Bertz CT molecular complexity index is 3310. The lowest BCUT2D eigenvalue weighted by Crippen LogP contribution is -2.32. The normalized spacial score (nSPS) is 12.6. The van der Waals surface area contributed by atoms with Gasteiger partial charge in [0.25, 0.3) is 0 Å². The van der Waals surface area contributed by atoms with Gasteiger partial charge in [0.05, 0.1) is 0 Å². The van der Waals surface area contributed by atoms with Crippen LogP contribution >= 0.6 is 0 Å². The van der Waals surface area contributed by atoms with Crippen molar-refractivity contribution in [3.05, 3.63) is 214 Å². The highest BCUT2D eigenvalue weighted by Gasteiger charge is 2.20. The van der Waals surface area contributed by atoms with Crippen LogP contribution in [-0.2, 0) is 53.8 Å². The monoisotopic (exact) mass is 993 g/mol. The van der Waals surface area contributed by atoms with Crippen LogP contribution in [0.3, 0.4) is 0 Å². The summed E-state index contributed by atoms with van der Waals surface area (Å²) in [5, 5.41) is 0. The molecule has 0 saturated carbocycles. The fourth-order valence-electron chi connectivity index (χ4n) is 9.38. The van der Waals surface area contributed by atoms with Crippen molar-refractivity contribution < 1.29 is 23.8 Å². The van der Waals surface area contributed by atoms with Crippen LogP contribution in [0.5, 0.6) is 0 Å². The first kappa shape index (κ1) is 52.3. The van der Waals surface area contributed by atoms with E-state index in [-0.39, 0.29) is 0 Å². The number of aromatic nitrogens is 4. The molecule has 4 aromatic heterocycles. The maximum Gasteiger partial charge on any atom is 0.212 e. The van der Waals surface area contributed by atoms with Gasteiger partial charge in [-0.3, -0.25) is 0 Å². The molecule has 0 radical (unpaired) electrons. The lowest BCUT2D eigenvalue weighted by atomic mass is 9.88. The molecule has 74 heavy (non-hydrogen) atoms. The molecule has 4 aromatic carbocycles. The predicted molar refractivity (Wildman–Crippen MR) is 315 cm³/mol. The molecule has 0 spiro atoms. The van der Waals surface area contributed by atoms with Crippen molar-refractivity contribution in [2.24, 2.45) is 44.4 Å². The van der Waals surface area contributed by atoms with Crippen molar-refractivity contribution in [3.8, 4) is 45.0 Å². The summed E-state index contributed by atoms with van der Waals surface area (Å²) in [6.07, 6.45) is 7.77. The van der Waals surface area contributed by atoms with Gasteiger partial charge >= 0.3 is 0 Å². The summed E-state index contributed by atoms with van der Waals surface area (Å²) in [4.78, 5) is 0. The van der Waals surface area contributed by atoms with Crippen LogP contribution in [-0.4, -0.2) is 0 Å². The Morgan fingerprint density at radius 1 is 0.365 bits per heavy atom. The molecule has 0 bridgehead atoms. The Hall–Kier alpha value is -6.52. The predicted octanol–water partition coefficient (Wildman–Crippen LogP) is 15.6. The van der Waals surface area contributed by atoms with Crippen LogP contribution < -0.4 is 18.3 Å². The lowest BCUT2D eigenvalue weighted by molar-refractivity contribution is -0.661. The van der Waals surface area contributed by atoms with E-state index in [1.807, 2.05) is 99.7 Å². The molecule has 0 amide bonds. The van der Waals surface area contributed by atoms with Crippen molar-refractivity contribution in [1.82, 2.24) is 0 Å². The second kappa shape index (κ2) is 25.6. The van der Waals surface area contributed by atoms with E-state index < -0.39 is 18.2 Å². The zero-order valence-electron chi connectivity index (χ0n) is 52.8. The van der Waals surface area contributed by atoms with Crippen molar-refractivity contribution in [1.29, 1.82) is 0 Å². The molecule has 0 aliphatic carbocycles. The standard InChI is InChI=1S/3C18H24N.C16H20N/c1-14-8-6-7-9-16(14)17-12-15(10-11-19(17)5)13-18(2,3)4;2*1-14-8-6-7-9-16(14)17-11-10-15(13-19(17)5)12-18(2,3)4;1-5-14-11-17(4)16(10-13(14)3)15-9-7-6-8-12(15)2/h6-12H,13H2,1-5H3;2*6-11,13H,12H2,1-5H3;6-11H,5H2,1-4H3/q4*+1/i;12D2;;5D2. The van der Waals surface area contributed by atoms with Crippen LogP contribution in [0.15, 0.2) is 164 Å². The molecule has 0 aliphatic rings. The quantitative estimate of drug-likeness (QED) is 0.135. The largest absolute Gasteiger partial charge is 0.212 e. The summed E-state index contributed by atoms with van der Waals surface area (Å²) < 4.78 is 41.0. The zero-order valence-corrected chi connectivity index (χ0v) is 48.8. The van der Waals surface area contributed by atoms with Crippen molar-refractivity contribution in [2.75, 3.05) is 0 Å². The molecule has 8 aromatic rings. The van der Waals surface area contributed by atoms with E-state index in [1.165, 1.54) is 67.0 Å². The van der Waals surface area contributed by atoms with Gasteiger partial charge in [-0.05, 0) is 146 Å². The van der Waals surface area contributed by atoms with Gasteiger partial charge in [0, 0.05) is 74.8 Å². The number of nitrogens with zero attached hydrogens (tertiary/aromatic N) is 4. The van der Waals surface area contributed by atoms with Crippen molar-refractivity contribution in [2.45, 2.75) is 129 Å². The van der Waals surface area contributed by atoms with Gasteiger partial charge in [0.2, 0.25) is 22.8 Å². The van der Waals surface area contributed by atoms with E-state index >= 15 is 0 Å². The summed E-state index contributed by atoms with van der Waals surface area (Å²) in [6.45, 7) is 31.6. The molecule has 0 aliphatic heterocycles. The van der Waals surface area contributed by atoms with Gasteiger partial charge in [-0.15, -0.1) is 0 Å². The third kappa shape index (κ3) is 17.3. The molecule has 8 rings (SSSR count). The zero-order chi connectivity index (χ0) is 58.1. The highest BCUT2D eigenvalue weighted by molar-refractivity contribution is 5.63. The Labute approximate surface area is 455 Å². The molecule has 0 unspecified atom stereocenters. The number of hydrogen-bond acceptors (Lipinski definition) is 0. The number of pyridine rings is 4. The SMILES string of the molecule is Cc1ccccc1-c1cc(CC(C)(C)C)cc[n+]1C.Cc1ccccc1-c1ccc(CC(C)(C)C)c[n+]1C.[2H]C([2H])(C)c1c[n+](C)c(-c2ccccc2C)cc1C.[2H]C([2H])(c1ccc(-c2ccccc2C)[n+](C)c1)C(C)(C)C. The molecule has 0 N–H and O–H groups in total. The number of aryl methyl sites for hydroxylation is 10. The van der Waals surface area contributed by atoms with E-state index in [1.54, 1.807) is 6.92 Å². The summed E-state index contributed by atoms with van der Waals surface area (Å²) >= 11 is 0. The van der Waals surface area contributed by atoms with E-state index in [0.717, 1.165) is 40.9 Å². The first-order valence-corrected chi connectivity index (χ1v) is 26.4. The van der Waals surface area contributed by atoms with Crippen molar-refractivity contribution >= 4 is 0 Å². The van der Waals surface area contributed by atoms with Gasteiger partial charge in [0.1, 0.15) is 28.2 Å². The van der Waals surface area contributed by atoms with Crippen LogP contribution in [0.2, 0.25) is 0 Å². The molecule has 4 nitrogen and oxygen atoms in total. The maximum atomic E-state index is 8.39. The fourth-order valence-corrected chi connectivity index (χ4v) is 9.38. The van der Waals surface area contributed by atoms with Crippen LogP contribution in [0.1, 0.15) is 125 Å². The van der Waals surface area contributed by atoms with Crippen LogP contribution in [0.25, 0.3) is 45.0 Å². The number of hydrogen-bond donors (Lipinski definition) is 0. The molecule has 0 fully saturated rings. The van der Waals surface area contributed by atoms with Crippen LogP contribution in [0.4, 0.5) is 0 Å². The topological polar surface area (TPSA) is 15.5 Å². The molecular formula is C70H92N4+4. The first-order valence-electron chi connectivity index (χ1n) is 28.4. The third-order valence-corrected chi connectivity index (χ3v) is 13.0. The molecule has 0 atom stereocenters. The molecule has 388 valence electrons. The van der Waals surface area contributed by atoms with Crippen LogP contribution in [0, 0.1) is 50.9 Å². The molecule has 4 heteroatoms. The minimum Gasteiger partial charge on any atom is -0.201 e. The molecular weight excluding hydrogens is 897 g/mol. The highest BCUT2D eigenvalue weighted by Crippen LogP contribution is 2.28. The Balaban J connectivity index is 0.000000192. The summed E-state index contributed by atoms with van der Waals surface area (Å²) in [7, 11) is 8.19. The van der Waals surface area contributed by atoms with E-state index in [0.29, 0.717) is 10.8 Å². The average molecular weight is 994 g/mol. The van der Waals surface area contributed by atoms with E-state index in [2.05, 4.69) is 208 Å². The highest BCUT2D eigenvalue weighted by atomic mass is 14.9. The van der Waals surface area contributed by atoms with E-state index in [9.17, 15) is 0 Å². The minimum atomic E-state index is -1.37. The van der Waals surface area contributed by atoms with Gasteiger partial charge in [-0.25, -0.2) is 18.3 Å². The average Bonchev–Trinajstić information content (AvgIpc) is 3.44. The molecule has 4 heterocycles. The van der Waals surface area contributed by atoms with E-state index in [4.69, 9.17) is 5.48 Å². The van der Waals surface area contributed by atoms with Gasteiger partial charge in [-0.2, -0.15) is 0 Å². The second-order valence-corrected chi connectivity index (χ2v) is 23.7. The lowest BCUT2D eigenvalue weighted by Gasteiger charge is -2.18. The van der Waals surface area contributed by atoms with Gasteiger partial charge in [0.15, 0.2) is 24.8 Å². The smallest absolute Gasteiger partial charge is 0.201 e. The minimum absolute atomic E-state index is 0.322. The summed E-state index contributed by atoms with van der Waals surface area (Å²) in [5.74, 6) is 0. The summed E-state index contributed by atoms with van der Waals surface area (Å²) in [5.41, 5.74) is 20.3. The van der Waals surface area contributed by atoms with Gasteiger partial charge < -0.3 is 0 Å². The fraction of sp³-hybridized carbons (Fsp3) is 0.371. The maximum absolute atomic E-state index is 8.39. The molecule has 0 saturated heterocycles. The first-order chi connectivity index (χ1) is 36.2. The van der Waals surface area contributed by atoms with Gasteiger partial charge in [-0.1, -0.05) is 142 Å². The Morgan fingerprint density at radius 2 is 0.730 bits per heavy atom. The number of benzene rings is 4. The third-order valence-electron chi connectivity index (χ3n) is 13.0. The second-order valence-electron chi connectivity index (χ2n) is 23.7. The van der Waals surface area contributed by atoms with Crippen molar-refractivity contribution in [3.63, 3.8) is 0 Å². The summed E-state index contributed by atoms with van der Waals surface area (Å²) in [6, 6.07) is 48.7.